The number of benzene rings is 1. The van der Waals surface area contributed by atoms with Crippen LogP contribution in [0.2, 0.25) is 0 Å². The molecule has 0 bridgehead atoms. The lowest BCUT2D eigenvalue weighted by molar-refractivity contribution is -0.114. The molecule has 1 aromatic carbocycles. The van der Waals surface area contributed by atoms with Crippen molar-refractivity contribution in [1.29, 1.82) is 0 Å². The van der Waals surface area contributed by atoms with E-state index in [1.165, 1.54) is 6.33 Å². The minimum atomic E-state index is -0.112. The van der Waals surface area contributed by atoms with Gasteiger partial charge in [-0.15, -0.1) is 0 Å². The molecule has 7 heteroatoms. The van der Waals surface area contributed by atoms with Crippen LogP contribution in [0.3, 0.4) is 0 Å². The second-order valence-corrected chi connectivity index (χ2v) is 4.99. The summed E-state index contributed by atoms with van der Waals surface area (Å²) in [6.07, 6.45) is 1.46. The number of aromatic nitrogens is 2. The Hall–Kier alpha value is -2.83. The molecule has 0 fully saturated rings. The van der Waals surface area contributed by atoms with Crippen molar-refractivity contribution < 1.29 is 9.53 Å². The molecule has 0 radical (unpaired) electrons. The molecule has 0 saturated heterocycles. The van der Waals surface area contributed by atoms with Crippen LogP contribution in [0.25, 0.3) is 0 Å². The molecule has 2 aromatic rings. The van der Waals surface area contributed by atoms with Gasteiger partial charge in [-0.25, -0.2) is 9.97 Å². The van der Waals surface area contributed by atoms with Crippen molar-refractivity contribution in [2.75, 3.05) is 29.6 Å². The van der Waals surface area contributed by atoms with E-state index in [0.717, 1.165) is 11.3 Å². The maximum atomic E-state index is 11.5. The lowest BCUT2D eigenvalue weighted by atomic mass is 10.1. The van der Waals surface area contributed by atoms with Crippen LogP contribution in [0, 0.1) is 0 Å². The summed E-state index contributed by atoms with van der Waals surface area (Å²) in [5, 5.41) is 9.05. The molecular weight excluding hydrogens is 282 g/mol. The molecule has 3 rings (SSSR count). The topological polar surface area (TPSA) is 88.2 Å². The number of methoxy groups -OCH3 is 1. The number of rotatable bonds is 4. The summed E-state index contributed by atoms with van der Waals surface area (Å²) in [6.45, 7) is 2.23. The average molecular weight is 299 g/mol. The van der Waals surface area contributed by atoms with Crippen molar-refractivity contribution >= 4 is 23.2 Å². The smallest absolute Gasteiger partial charge is 0.243 e. The van der Waals surface area contributed by atoms with Crippen LogP contribution in [0.5, 0.6) is 5.75 Å². The van der Waals surface area contributed by atoms with Crippen LogP contribution >= 0.6 is 0 Å². The highest BCUT2D eigenvalue weighted by Crippen LogP contribution is 2.31. The molecule has 2 heterocycles. The standard InChI is InChI=1S/C15H17N5O2/c1-9(10-4-3-5-11(6-10)22-2)19-15-13-14(17-8-18-15)16-7-12(21)20-13/h3-6,8-9H,7H2,1-2H3,(H,20,21)(H2,16,17,18,19)/t9-/m0/s1. The number of ether oxygens (including phenoxy) is 1. The molecule has 0 aliphatic carbocycles. The number of nitrogens with zero attached hydrogens (tertiary/aromatic N) is 2. The molecule has 0 saturated carbocycles. The summed E-state index contributed by atoms with van der Waals surface area (Å²) >= 11 is 0. The van der Waals surface area contributed by atoms with Gasteiger partial charge in [0.05, 0.1) is 19.7 Å². The number of hydrogen-bond acceptors (Lipinski definition) is 6. The van der Waals surface area contributed by atoms with E-state index in [-0.39, 0.29) is 18.5 Å². The van der Waals surface area contributed by atoms with Gasteiger partial charge in [-0.05, 0) is 24.6 Å². The van der Waals surface area contributed by atoms with Crippen molar-refractivity contribution in [2.24, 2.45) is 0 Å². The van der Waals surface area contributed by atoms with E-state index in [1.54, 1.807) is 7.11 Å². The molecule has 1 aliphatic heterocycles. The Bertz CT molecular complexity index is 704. The molecule has 1 amide bonds. The Labute approximate surface area is 128 Å². The van der Waals surface area contributed by atoms with Gasteiger partial charge in [0.1, 0.15) is 17.8 Å². The van der Waals surface area contributed by atoms with E-state index in [1.807, 2.05) is 31.2 Å². The summed E-state index contributed by atoms with van der Waals surface area (Å²) in [7, 11) is 1.64. The maximum Gasteiger partial charge on any atom is 0.243 e. The van der Waals surface area contributed by atoms with Crippen molar-refractivity contribution in [3.63, 3.8) is 0 Å². The van der Waals surface area contributed by atoms with Crippen molar-refractivity contribution in [1.82, 2.24) is 9.97 Å². The Kier molecular flexibility index (Phi) is 3.78. The van der Waals surface area contributed by atoms with Gasteiger partial charge in [0.2, 0.25) is 5.91 Å². The minimum Gasteiger partial charge on any atom is -0.497 e. The van der Waals surface area contributed by atoms with Crippen molar-refractivity contribution in [3.8, 4) is 5.75 Å². The summed E-state index contributed by atoms with van der Waals surface area (Å²) in [4.78, 5) is 19.9. The largest absolute Gasteiger partial charge is 0.497 e. The highest BCUT2D eigenvalue weighted by atomic mass is 16.5. The molecule has 7 nitrogen and oxygen atoms in total. The fraction of sp³-hybridized carbons (Fsp3) is 0.267. The van der Waals surface area contributed by atoms with E-state index < -0.39 is 0 Å². The van der Waals surface area contributed by atoms with Crippen LogP contribution in [0.15, 0.2) is 30.6 Å². The van der Waals surface area contributed by atoms with Gasteiger partial charge in [-0.1, -0.05) is 12.1 Å². The lowest BCUT2D eigenvalue weighted by Gasteiger charge is -2.22. The number of hydrogen-bond donors (Lipinski definition) is 3. The third-order valence-electron chi connectivity index (χ3n) is 3.48. The van der Waals surface area contributed by atoms with Gasteiger partial charge in [0.25, 0.3) is 0 Å². The first-order valence-corrected chi connectivity index (χ1v) is 6.96. The third kappa shape index (κ3) is 2.78. The number of amides is 1. The van der Waals surface area contributed by atoms with E-state index in [4.69, 9.17) is 4.74 Å². The fourth-order valence-electron chi connectivity index (χ4n) is 2.29. The van der Waals surface area contributed by atoms with Crippen LogP contribution in [0.4, 0.5) is 17.3 Å². The molecule has 1 aliphatic rings. The monoisotopic (exact) mass is 299 g/mol. The minimum absolute atomic E-state index is 0.00655. The molecule has 0 spiro atoms. The van der Waals surface area contributed by atoms with Crippen LogP contribution < -0.4 is 20.7 Å². The zero-order valence-corrected chi connectivity index (χ0v) is 12.4. The van der Waals surface area contributed by atoms with Gasteiger partial charge in [0, 0.05) is 0 Å². The molecular formula is C15H17N5O2. The Balaban J connectivity index is 1.85. The molecule has 114 valence electrons. The van der Waals surface area contributed by atoms with Crippen LogP contribution in [-0.4, -0.2) is 29.5 Å². The summed E-state index contributed by atoms with van der Waals surface area (Å²) < 4.78 is 5.24. The molecule has 1 atom stereocenters. The van der Waals surface area contributed by atoms with Crippen LogP contribution in [0.1, 0.15) is 18.5 Å². The van der Waals surface area contributed by atoms with Gasteiger partial charge >= 0.3 is 0 Å². The second-order valence-electron chi connectivity index (χ2n) is 4.99. The molecule has 22 heavy (non-hydrogen) atoms. The zero-order valence-electron chi connectivity index (χ0n) is 12.4. The summed E-state index contributed by atoms with van der Waals surface area (Å²) in [5.74, 6) is 1.89. The number of carbonyl (C=O) groups is 1. The predicted molar refractivity (Wildman–Crippen MR) is 84.2 cm³/mol. The summed E-state index contributed by atoms with van der Waals surface area (Å²) in [5.41, 5.74) is 1.63. The first-order chi connectivity index (χ1) is 10.7. The third-order valence-corrected chi connectivity index (χ3v) is 3.48. The van der Waals surface area contributed by atoms with E-state index in [2.05, 4.69) is 25.9 Å². The van der Waals surface area contributed by atoms with Gasteiger partial charge in [0.15, 0.2) is 11.6 Å². The molecule has 1 aromatic heterocycles. The first-order valence-electron chi connectivity index (χ1n) is 6.96. The lowest BCUT2D eigenvalue weighted by Crippen LogP contribution is -2.29. The average Bonchev–Trinajstić information content (AvgIpc) is 2.55. The van der Waals surface area contributed by atoms with Crippen molar-refractivity contribution in [2.45, 2.75) is 13.0 Å². The Morgan fingerprint density at radius 2 is 2.23 bits per heavy atom. The molecule has 3 N–H and O–H groups in total. The van der Waals surface area contributed by atoms with Crippen LogP contribution in [-0.2, 0) is 4.79 Å². The number of fused-ring (bicyclic) bond motifs is 1. The normalized spacial score (nSPS) is 14.4. The Morgan fingerprint density at radius 1 is 1.36 bits per heavy atom. The highest BCUT2D eigenvalue weighted by Gasteiger charge is 2.20. The van der Waals surface area contributed by atoms with Crippen molar-refractivity contribution in [3.05, 3.63) is 36.2 Å². The number of anilines is 3. The summed E-state index contributed by atoms with van der Waals surface area (Å²) in [6, 6.07) is 7.79. The SMILES string of the molecule is COc1cccc([C@H](C)Nc2ncnc3c2NC(=O)CN3)c1. The Morgan fingerprint density at radius 3 is 3.05 bits per heavy atom. The van der Waals surface area contributed by atoms with Gasteiger partial charge in [-0.3, -0.25) is 4.79 Å². The van der Waals surface area contributed by atoms with Gasteiger partial charge in [-0.2, -0.15) is 0 Å². The van der Waals surface area contributed by atoms with E-state index in [0.29, 0.717) is 17.3 Å². The van der Waals surface area contributed by atoms with E-state index in [9.17, 15) is 4.79 Å². The quantitative estimate of drug-likeness (QED) is 0.800. The number of carbonyl (C=O) groups excluding carboxylic acids is 1. The predicted octanol–water partition coefficient (Wildman–Crippen LogP) is 2.02. The molecule has 0 unspecified atom stereocenters. The number of nitrogens with one attached hydrogen (secondary N) is 3. The van der Waals surface area contributed by atoms with E-state index >= 15 is 0 Å². The fourth-order valence-corrected chi connectivity index (χ4v) is 2.29. The highest BCUT2D eigenvalue weighted by molar-refractivity contribution is 6.02. The van der Waals surface area contributed by atoms with Gasteiger partial charge < -0.3 is 20.7 Å². The maximum absolute atomic E-state index is 11.5. The second kappa shape index (κ2) is 5.88. The zero-order chi connectivity index (χ0) is 15.5. The first kappa shape index (κ1) is 14.1.